The van der Waals surface area contributed by atoms with Crippen molar-refractivity contribution in [3.05, 3.63) is 98.6 Å². The van der Waals surface area contributed by atoms with E-state index in [1.807, 2.05) is 49.4 Å². The molecule has 31 heavy (non-hydrogen) atoms. The van der Waals surface area contributed by atoms with Crippen LogP contribution in [-0.2, 0) is 13.2 Å². The summed E-state index contributed by atoms with van der Waals surface area (Å²) >= 11 is 5.88. The number of nitro benzene ring substituents is 1. The van der Waals surface area contributed by atoms with Crippen LogP contribution in [0.3, 0.4) is 0 Å². The Morgan fingerprint density at radius 3 is 2.39 bits per heavy atom. The number of hydrogen-bond donors (Lipinski definition) is 1. The van der Waals surface area contributed by atoms with Gasteiger partial charge in [-0.15, -0.1) is 0 Å². The quantitative estimate of drug-likeness (QED) is 0.261. The van der Waals surface area contributed by atoms with E-state index in [0.717, 1.165) is 16.7 Å². The van der Waals surface area contributed by atoms with Crippen molar-refractivity contribution in [1.82, 2.24) is 5.43 Å². The highest BCUT2D eigenvalue weighted by Gasteiger charge is 2.08. The molecule has 3 aromatic carbocycles. The Morgan fingerprint density at radius 2 is 1.71 bits per heavy atom. The molecular weight excluding hydrogens is 418 g/mol. The van der Waals surface area contributed by atoms with Gasteiger partial charge in [0, 0.05) is 17.2 Å². The molecule has 0 spiro atoms. The summed E-state index contributed by atoms with van der Waals surface area (Å²) in [4.78, 5) is 10.3. The van der Waals surface area contributed by atoms with Gasteiger partial charge in [-0.05, 0) is 66.1 Å². The van der Waals surface area contributed by atoms with Crippen molar-refractivity contribution in [3.63, 3.8) is 0 Å². The van der Waals surface area contributed by atoms with E-state index in [2.05, 4.69) is 10.5 Å². The topological polar surface area (TPSA) is 86.0 Å². The molecule has 0 fully saturated rings. The first-order valence-electron chi connectivity index (χ1n) is 9.68. The summed E-state index contributed by atoms with van der Waals surface area (Å²) in [7, 11) is 0. The molecule has 0 amide bonds. The lowest BCUT2D eigenvalue weighted by Gasteiger charge is -2.12. The fraction of sp³-hybridized carbons (Fsp3) is 0.174. The van der Waals surface area contributed by atoms with Gasteiger partial charge in [-0.1, -0.05) is 23.7 Å². The SMILES string of the molecule is CCOc1cc(/C=N\NCc2ccc(Cl)cc2)ccc1OCc1ccc([N+](=O)[O-])cc1. The number of benzene rings is 3. The molecule has 3 aromatic rings. The van der Waals surface area contributed by atoms with E-state index in [-0.39, 0.29) is 12.3 Å². The summed E-state index contributed by atoms with van der Waals surface area (Å²) in [5, 5.41) is 15.7. The molecule has 7 nitrogen and oxygen atoms in total. The van der Waals surface area contributed by atoms with Crippen molar-refractivity contribution in [3.8, 4) is 11.5 Å². The van der Waals surface area contributed by atoms with Crippen molar-refractivity contribution in [2.24, 2.45) is 5.10 Å². The van der Waals surface area contributed by atoms with Gasteiger partial charge in [0.2, 0.25) is 0 Å². The smallest absolute Gasteiger partial charge is 0.269 e. The molecule has 0 aromatic heterocycles. The molecule has 0 bridgehead atoms. The third-order valence-electron chi connectivity index (χ3n) is 4.31. The molecule has 0 atom stereocenters. The van der Waals surface area contributed by atoms with Crippen molar-refractivity contribution < 1.29 is 14.4 Å². The van der Waals surface area contributed by atoms with Crippen LogP contribution in [-0.4, -0.2) is 17.7 Å². The lowest BCUT2D eigenvalue weighted by atomic mass is 10.2. The number of halogens is 1. The van der Waals surface area contributed by atoms with Crippen LogP contribution in [0.1, 0.15) is 23.6 Å². The monoisotopic (exact) mass is 439 g/mol. The number of nitrogens with one attached hydrogen (secondary N) is 1. The maximum absolute atomic E-state index is 10.8. The molecule has 0 aliphatic rings. The van der Waals surface area contributed by atoms with Crippen LogP contribution in [0.4, 0.5) is 5.69 Å². The lowest BCUT2D eigenvalue weighted by molar-refractivity contribution is -0.384. The van der Waals surface area contributed by atoms with Crippen LogP contribution in [0.15, 0.2) is 71.8 Å². The number of hydrazone groups is 1. The summed E-state index contributed by atoms with van der Waals surface area (Å²) in [6.07, 6.45) is 1.71. The maximum Gasteiger partial charge on any atom is 0.269 e. The predicted octanol–water partition coefficient (Wildman–Crippen LogP) is 5.35. The van der Waals surface area contributed by atoms with Gasteiger partial charge in [0.25, 0.3) is 5.69 Å². The molecule has 0 heterocycles. The number of non-ortho nitro benzene ring substituents is 1. The second-order valence-electron chi connectivity index (χ2n) is 6.57. The number of nitro groups is 1. The average molecular weight is 440 g/mol. The normalized spacial score (nSPS) is 10.8. The van der Waals surface area contributed by atoms with Gasteiger partial charge < -0.3 is 14.9 Å². The van der Waals surface area contributed by atoms with Gasteiger partial charge in [-0.3, -0.25) is 10.1 Å². The molecule has 8 heteroatoms. The van der Waals surface area contributed by atoms with Crippen molar-refractivity contribution in [2.75, 3.05) is 6.61 Å². The average Bonchev–Trinajstić information content (AvgIpc) is 2.78. The standard InChI is InChI=1S/C23H22ClN3O4/c1-2-30-23-13-19(15-26-25-14-17-3-8-20(24)9-4-17)7-12-22(23)31-16-18-5-10-21(11-6-18)27(28)29/h3-13,15,25H,2,14,16H2,1H3/b26-15-. The van der Waals surface area contributed by atoms with Gasteiger partial charge in [-0.25, -0.2) is 0 Å². The van der Waals surface area contributed by atoms with Gasteiger partial charge in [0.05, 0.1) is 24.3 Å². The minimum atomic E-state index is -0.428. The Morgan fingerprint density at radius 1 is 1.00 bits per heavy atom. The first-order chi connectivity index (χ1) is 15.0. The number of rotatable bonds is 10. The largest absolute Gasteiger partial charge is 0.490 e. The maximum atomic E-state index is 10.8. The highest BCUT2D eigenvalue weighted by molar-refractivity contribution is 6.30. The summed E-state index contributed by atoms with van der Waals surface area (Å²) in [6, 6.07) is 19.4. The zero-order valence-electron chi connectivity index (χ0n) is 17.0. The second-order valence-corrected chi connectivity index (χ2v) is 7.01. The van der Waals surface area contributed by atoms with Crippen LogP contribution in [0.25, 0.3) is 0 Å². The van der Waals surface area contributed by atoms with Crippen LogP contribution < -0.4 is 14.9 Å². The molecule has 0 radical (unpaired) electrons. The Labute approximate surface area is 185 Å². The minimum Gasteiger partial charge on any atom is -0.490 e. The minimum absolute atomic E-state index is 0.0482. The van der Waals surface area contributed by atoms with Gasteiger partial charge in [0.15, 0.2) is 11.5 Å². The number of hydrogen-bond acceptors (Lipinski definition) is 6. The zero-order valence-corrected chi connectivity index (χ0v) is 17.7. The summed E-state index contributed by atoms with van der Waals surface area (Å²) in [5.41, 5.74) is 5.81. The summed E-state index contributed by atoms with van der Waals surface area (Å²) < 4.78 is 11.6. The van der Waals surface area contributed by atoms with Gasteiger partial charge >= 0.3 is 0 Å². The van der Waals surface area contributed by atoms with Crippen molar-refractivity contribution in [2.45, 2.75) is 20.1 Å². The van der Waals surface area contributed by atoms with Crippen LogP contribution in [0, 0.1) is 10.1 Å². The molecular formula is C23H22ClN3O4. The van der Waals surface area contributed by atoms with E-state index in [1.54, 1.807) is 18.3 Å². The van der Waals surface area contributed by atoms with Gasteiger partial charge in [0.1, 0.15) is 6.61 Å². The first-order valence-corrected chi connectivity index (χ1v) is 10.1. The zero-order chi connectivity index (χ0) is 22.1. The Balaban J connectivity index is 1.60. The van der Waals surface area contributed by atoms with E-state index in [0.29, 0.717) is 29.7 Å². The highest BCUT2D eigenvalue weighted by atomic mass is 35.5. The Hall–Kier alpha value is -3.58. The van der Waals surface area contributed by atoms with E-state index in [1.165, 1.54) is 12.1 Å². The van der Waals surface area contributed by atoms with Crippen molar-refractivity contribution >= 4 is 23.5 Å². The molecule has 0 saturated heterocycles. The third-order valence-corrected chi connectivity index (χ3v) is 4.56. The predicted molar refractivity (Wildman–Crippen MR) is 121 cm³/mol. The fourth-order valence-electron chi connectivity index (χ4n) is 2.73. The molecule has 0 saturated carbocycles. The summed E-state index contributed by atoms with van der Waals surface area (Å²) in [5.74, 6) is 1.19. The van der Waals surface area contributed by atoms with Crippen LogP contribution >= 0.6 is 11.6 Å². The van der Waals surface area contributed by atoms with Crippen LogP contribution in [0.5, 0.6) is 11.5 Å². The molecule has 3 rings (SSSR count). The number of nitrogens with zero attached hydrogens (tertiary/aromatic N) is 2. The fourth-order valence-corrected chi connectivity index (χ4v) is 2.85. The van der Waals surface area contributed by atoms with E-state index in [4.69, 9.17) is 21.1 Å². The Bertz CT molecular complexity index is 1040. The van der Waals surface area contributed by atoms with Crippen molar-refractivity contribution in [1.29, 1.82) is 0 Å². The molecule has 0 aliphatic carbocycles. The van der Waals surface area contributed by atoms with E-state index >= 15 is 0 Å². The molecule has 0 aliphatic heterocycles. The van der Waals surface area contributed by atoms with E-state index in [9.17, 15) is 10.1 Å². The second kappa shape index (κ2) is 11.0. The third kappa shape index (κ3) is 6.72. The lowest BCUT2D eigenvalue weighted by Crippen LogP contribution is -2.05. The van der Waals surface area contributed by atoms with Gasteiger partial charge in [-0.2, -0.15) is 5.10 Å². The number of ether oxygens (including phenoxy) is 2. The Kier molecular flexibility index (Phi) is 7.84. The molecule has 0 unspecified atom stereocenters. The summed E-state index contributed by atoms with van der Waals surface area (Å²) in [6.45, 7) is 3.24. The van der Waals surface area contributed by atoms with E-state index < -0.39 is 4.92 Å². The highest BCUT2D eigenvalue weighted by Crippen LogP contribution is 2.29. The first kappa shape index (κ1) is 22.1. The molecule has 1 N–H and O–H groups in total. The molecule has 160 valence electrons. The van der Waals surface area contributed by atoms with Crippen LogP contribution in [0.2, 0.25) is 5.02 Å².